The largest absolute Gasteiger partial charge is 0.549 e. The van der Waals surface area contributed by atoms with E-state index in [0.717, 1.165) is 0 Å². The van der Waals surface area contributed by atoms with Crippen LogP contribution in [0, 0.1) is 10.1 Å². The Morgan fingerprint density at radius 2 is 1.85 bits per heavy atom. The normalized spacial score (nSPS) is 20.3. The van der Waals surface area contributed by atoms with Crippen molar-refractivity contribution >= 4 is 17.6 Å². The summed E-state index contributed by atoms with van der Waals surface area (Å²) in [6.07, 6.45) is 0. The minimum Gasteiger partial charge on any atom is -0.549 e. The van der Waals surface area contributed by atoms with Crippen molar-refractivity contribution in [1.82, 2.24) is 4.90 Å². The number of amides is 1. The molecule has 0 N–H and O–H groups in total. The van der Waals surface area contributed by atoms with Gasteiger partial charge in [-0.2, -0.15) is 0 Å². The van der Waals surface area contributed by atoms with Gasteiger partial charge in [-0.05, 0) is 17.7 Å². The standard InChI is InChI=1S/C18H14N2O7/c1-19-16(11-6-13-14(27-8-26-13)7-12(11)20(24)25)15(18(22)23)9-4-2-3-5-10(9)17(19)21/h2-7,15-16H,8H2,1H3,(H,22,23)/p-1/t15-,16+/m1/s1. The Balaban J connectivity index is 1.96. The second kappa shape index (κ2) is 5.97. The highest BCUT2D eigenvalue weighted by Crippen LogP contribution is 2.48. The molecule has 0 fully saturated rings. The van der Waals surface area contributed by atoms with Gasteiger partial charge >= 0.3 is 0 Å². The maximum Gasteiger partial charge on any atom is 0.278 e. The van der Waals surface area contributed by atoms with E-state index in [4.69, 9.17) is 9.47 Å². The van der Waals surface area contributed by atoms with Crippen molar-refractivity contribution in [2.75, 3.05) is 13.8 Å². The van der Waals surface area contributed by atoms with Crippen LogP contribution in [0.2, 0.25) is 0 Å². The van der Waals surface area contributed by atoms with Crippen LogP contribution in [0.3, 0.4) is 0 Å². The highest BCUT2D eigenvalue weighted by Gasteiger charge is 2.43. The molecular formula is C18H13N2O7-. The molecule has 2 aliphatic heterocycles. The van der Waals surface area contributed by atoms with Gasteiger partial charge in [-0.25, -0.2) is 0 Å². The van der Waals surface area contributed by atoms with Crippen LogP contribution in [-0.2, 0) is 4.79 Å². The van der Waals surface area contributed by atoms with Crippen LogP contribution < -0.4 is 14.6 Å². The number of nitro groups is 1. The molecule has 138 valence electrons. The number of nitrogens with zero attached hydrogens (tertiary/aromatic N) is 2. The first-order chi connectivity index (χ1) is 12.9. The van der Waals surface area contributed by atoms with E-state index in [1.165, 1.54) is 36.2 Å². The van der Waals surface area contributed by atoms with Gasteiger partial charge in [0.05, 0.1) is 28.6 Å². The zero-order valence-electron chi connectivity index (χ0n) is 14.1. The number of carboxylic acid groups (broad SMARTS) is 1. The number of rotatable bonds is 3. The summed E-state index contributed by atoms with van der Waals surface area (Å²) in [5.74, 6) is -2.69. The van der Waals surface area contributed by atoms with Gasteiger partial charge in [0.1, 0.15) is 0 Å². The molecule has 0 saturated carbocycles. The molecule has 2 heterocycles. The summed E-state index contributed by atoms with van der Waals surface area (Å²) in [5.41, 5.74) is 0.185. The lowest BCUT2D eigenvalue weighted by Gasteiger charge is -2.40. The van der Waals surface area contributed by atoms with Crippen molar-refractivity contribution in [3.8, 4) is 11.5 Å². The summed E-state index contributed by atoms with van der Waals surface area (Å²) in [5, 5.41) is 23.6. The lowest BCUT2D eigenvalue weighted by atomic mass is 9.79. The third-order valence-corrected chi connectivity index (χ3v) is 4.87. The summed E-state index contributed by atoms with van der Waals surface area (Å²) in [4.78, 5) is 36.9. The van der Waals surface area contributed by atoms with E-state index in [1.54, 1.807) is 12.1 Å². The average Bonchev–Trinajstić information content (AvgIpc) is 3.10. The molecule has 0 aliphatic carbocycles. The molecule has 4 rings (SSSR count). The Bertz CT molecular complexity index is 988. The predicted molar refractivity (Wildman–Crippen MR) is 88.2 cm³/mol. The van der Waals surface area contributed by atoms with Crippen LogP contribution in [0.4, 0.5) is 5.69 Å². The molecule has 2 atom stereocenters. The molecule has 9 heteroatoms. The van der Waals surface area contributed by atoms with Gasteiger partial charge < -0.3 is 24.3 Å². The number of carbonyl (C=O) groups is 2. The van der Waals surface area contributed by atoms with Crippen LogP contribution in [0.1, 0.15) is 33.4 Å². The van der Waals surface area contributed by atoms with E-state index >= 15 is 0 Å². The molecule has 2 aromatic carbocycles. The van der Waals surface area contributed by atoms with Crippen molar-refractivity contribution in [2.24, 2.45) is 0 Å². The molecule has 2 aliphatic rings. The maximum atomic E-state index is 12.8. The van der Waals surface area contributed by atoms with E-state index in [1.807, 2.05) is 0 Å². The number of carboxylic acids is 1. The number of carbonyl (C=O) groups excluding carboxylic acids is 2. The van der Waals surface area contributed by atoms with Crippen molar-refractivity contribution < 1.29 is 29.1 Å². The van der Waals surface area contributed by atoms with Gasteiger partial charge in [0.15, 0.2) is 11.5 Å². The third-order valence-electron chi connectivity index (χ3n) is 4.87. The monoisotopic (exact) mass is 369 g/mol. The van der Waals surface area contributed by atoms with Gasteiger partial charge in [-0.1, -0.05) is 18.2 Å². The zero-order chi connectivity index (χ0) is 19.3. The number of ether oxygens (including phenoxy) is 2. The van der Waals surface area contributed by atoms with Gasteiger partial charge in [0, 0.05) is 18.5 Å². The fourth-order valence-electron chi connectivity index (χ4n) is 3.66. The maximum absolute atomic E-state index is 12.8. The van der Waals surface area contributed by atoms with Crippen LogP contribution in [0.15, 0.2) is 36.4 Å². The van der Waals surface area contributed by atoms with Crippen molar-refractivity contribution in [2.45, 2.75) is 12.0 Å². The molecule has 0 spiro atoms. The predicted octanol–water partition coefficient (Wildman–Crippen LogP) is 0.984. The number of benzene rings is 2. The Morgan fingerprint density at radius 3 is 2.52 bits per heavy atom. The third kappa shape index (κ3) is 2.47. The Kier molecular flexibility index (Phi) is 3.72. The smallest absolute Gasteiger partial charge is 0.278 e. The molecule has 0 bridgehead atoms. The topological polar surface area (TPSA) is 122 Å². The summed E-state index contributed by atoms with van der Waals surface area (Å²) in [6.45, 7) is -0.0951. The van der Waals surface area contributed by atoms with E-state index in [9.17, 15) is 24.8 Å². The number of aliphatic carboxylic acids is 1. The van der Waals surface area contributed by atoms with Crippen LogP contribution >= 0.6 is 0 Å². The van der Waals surface area contributed by atoms with Gasteiger partial charge in [-0.3, -0.25) is 14.9 Å². The number of hydrogen-bond acceptors (Lipinski definition) is 7. The average molecular weight is 369 g/mol. The SMILES string of the molecule is CN1C(=O)c2ccccc2[C@@H](C(=O)[O-])[C@@H]1c1cc2c(cc1[N+](=O)[O-])OCO2. The number of nitro benzene ring substituents is 1. The summed E-state index contributed by atoms with van der Waals surface area (Å²) in [7, 11) is 1.41. The zero-order valence-corrected chi connectivity index (χ0v) is 14.1. The minimum absolute atomic E-state index is 0.0452. The van der Waals surface area contributed by atoms with Crippen LogP contribution in [-0.4, -0.2) is 35.5 Å². The first-order valence-electron chi connectivity index (χ1n) is 8.05. The van der Waals surface area contributed by atoms with Crippen molar-refractivity contribution in [1.29, 1.82) is 0 Å². The molecule has 0 radical (unpaired) electrons. The second-order valence-corrected chi connectivity index (χ2v) is 6.27. The van der Waals surface area contributed by atoms with Crippen LogP contribution in [0.25, 0.3) is 0 Å². The van der Waals surface area contributed by atoms with Gasteiger partial charge in [0.25, 0.3) is 11.6 Å². The summed E-state index contributed by atoms with van der Waals surface area (Å²) in [6, 6.07) is 7.69. The van der Waals surface area contributed by atoms with Gasteiger partial charge in [0.2, 0.25) is 6.79 Å². The lowest BCUT2D eigenvalue weighted by Crippen LogP contribution is -2.46. The first-order valence-corrected chi connectivity index (χ1v) is 8.05. The summed E-state index contributed by atoms with van der Waals surface area (Å²) < 4.78 is 10.5. The molecule has 1 amide bonds. The molecule has 2 aromatic rings. The molecular weight excluding hydrogens is 356 g/mol. The van der Waals surface area contributed by atoms with Crippen molar-refractivity contribution in [3.63, 3.8) is 0 Å². The second-order valence-electron chi connectivity index (χ2n) is 6.27. The fraction of sp³-hybridized carbons (Fsp3) is 0.222. The van der Waals surface area contributed by atoms with Gasteiger partial charge in [-0.15, -0.1) is 0 Å². The molecule has 0 aromatic heterocycles. The van der Waals surface area contributed by atoms with E-state index in [2.05, 4.69) is 0 Å². The molecule has 27 heavy (non-hydrogen) atoms. The minimum atomic E-state index is -1.43. The number of likely N-dealkylation sites (N-methyl/N-ethyl adjacent to an activating group) is 1. The molecule has 0 unspecified atom stereocenters. The quantitative estimate of drug-likeness (QED) is 0.584. The number of hydrogen-bond donors (Lipinski definition) is 0. The Morgan fingerprint density at radius 1 is 1.19 bits per heavy atom. The lowest BCUT2D eigenvalue weighted by molar-refractivity contribution is -0.386. The van der Waals surface area contributed by atoms with E-state index in [0.29, 0.717) is 0 Å². The van der Waals surface area contributed by atoms with Crippen LogP contribution in [0.5, 0.6) is 11.5 Å². The summed E-state index contributed by atoms with van der Waals surface area (Å²) >= 11 is 0. The Labute approximate surface area is 152 Å². The Hall–Kier alpha value is -3.62. The van der Waals surface area contributed by atoms with Crippen molar-refractivity contribution in [3.05, 3.63) is 63.2 Å². The highest BCUT2D eigenvalue weighted by atomic mass is 16.7. The van der Waals surface area contributed by atoms with E-state index < -0.39 is 28.8 Å². The first kappa shape index (κ1) is 16.8. The highest BCUT2D eigenvalue weighted by molar-refractivity contribution is 6.00. The molecule has 9 nitrogen and oxygen atoms in total. The van der Waals surface area contributed by atoms with E-state index in [-0.39, 0.29) is 40.7 Å². The molecule has 0 saturated heterocycles. The number of fused-ring (bicyclic) bond motifs is 2. The fourth-order valence-corrected chi connectivity index (χ4v) is 3.66.